The standard InChI is InChI=1S/C15H16N4O2/c1-4-18(15(21)11(2)10-20)14-9-19(17-12(14)3)13-6-5-7-16-8-13/h5-10H,2,4H2,1,3H3. The van der Waals surface area contributed by atoms with Gasteiger partial charge in [-0.1, -0.05) is 6.58 Å². The first-order chi connectivity index (χ1) is 10.1. The molecule has 0 radical (unpaired) electrons. The van der Waals surface area contributed by atoms with Crippen LogP contribution in [0.25, 0.3) is 5.69 Å². The number of aryl methyl sites for hydroxylation is 1. The predicted octanol–water partition coefficient (Wildman–Crippen LogP) is 1.68. The zero-order valence-corrected chi connectivity index (χ0v) is 12.0. The number of pyridine rings is 1. The lowest BCUT2D eigenvalue weighted by atomic mass is 10.2. The van der Waals surface area contributed by atoms with E-state index >= 15 is 0 Å². The van der Waals surface area contributed by atoms with Gasteiger partial charge in [0.05, 0.1) is 35.0 Å². The highest BCUT2D eigenvalue weighted by Gasteiger charge is 2.20. The summed E-state index contributed by atoms with van der Waals surface area (Å²) in [6.07, 6.45) is 5.56. The Labute approximate surface area is 122 Å². The van der Waals surface area contributed by atoms with E-state index in [0.717, 1.165) is 5.69 Å². The van der Waals surface area contributed by atoms with E-state index in [4.69, 9.17) is 0 Å². The van der Waals surface area contributed by atoms with Gasteiger partial charge in [-0.3, -0.25) is 14.6 Å². The molecule has 2 rings (SSSR count). The number of amides is 1. The molecule has 0 saturated carbocycles. The molecule has 0 aliphatic rings. The smallest absolute Gasteiger partial charge is 0.261 e. The Hall–Kier alpha value is -2.76. The van der Waals surface area contributed by atoms with Crippen molar-refractivity contribution in [2.45, 2.75) is 13.8 Å². The minimum absolute atomic E-state index is 0.0784. The number of nitrogens with zero attached hydrogens (tertiary/aromatic N) is 4. The molecule has 2 heterocycles. The van der Waals surface area contributed by atoms with Crippen LogP contribution in [0.1, 0.15) is 12.6 Å². The van der Waals surface area contributed by atoms with Crippen LogP contribution in [0.2, 0.25) is 0 Å². The molecule has 0 saturated heterocycles. The fourth-order valence-electron chi connectivity index (χ4n) is 1.98. The molecule has 2 aromatic heterocycles. The highest BCUT2D eigenvalue weighted by Crippen LogP contribution is 2.21. The second-order valence-corrected chi connectivity index (χ2v) is 4.45. The molecule has 0 aliphatic carbocycles. The van der Waals surface area contributed by atoms with Crippen LogP contribution in [-0.2, 0) is 9.59 Å². The number of aromatic nitrogens is 3. The molecule has 0 aromatic carbocycles. The van der Waals surface area contributed by atoms with Crippen molar-refractivity contribution in [1.29, 1.82) is 0 Å². The lowest BCUT2D eigenvalue weighted by molar-refractivity contribution is -0.117. The molecule has 0 bridgehead atoms. The summed E-state index contributed by atoms with van der Waals surface area (Å²) in [6, 6.07) is 3.68. The van der Waals surface area contributed by atoms with Gasteiger partial charge < -0.3 is 4.90 Å². The van der Waals surface area contributed by atoms with Gasteiger partial charge in [0, 0.05) is 12.7 Å². The Balaban J connectivity index is 2.40. The predicted molar refractivity (Wildman–Crippen MR) is 79.3 cm³/mol. The van der Waals surface area contributed by atoms with Crippen LogP contribution in [0.4, 0.5) is 5.69 Å². The number of carbonyl (C=O) groups is 2. The second kappa shape index (κ2) is 6.13. The van der Waals surface area contributed by atoms with Crippen LogP contribution in [0.3, 0.4) is 0 Å². The number of likely N-dealkylation sites (N-methyl/N-ethyl adjacent to an activating group) is 1. The van der Waals surface area contributed by atoms with Crippen LogP contribution >= 0.6 is 0 Å². The number of hydrogen-bond donors (Lipinski definition) is 0. The first kappa shape index (κ1) is 14.6. The summed E-state index contributed by atoms with van der Waals surface area (Å²) in [6.45, 7) is 7.53. The summed E-state index contributed by atoms with van der Waals surface area (Å²) >= 11 is 0. The van der Waals surface area contributed by atoms with Gasteiger partial charge in [0.1, 0.15) is 0 Å². The second-order valence-electron chi connectivity index (χ2n) is 4.45. The van der Waals surface area contributed by atoms with Crippen LogP contribution < -0.4 is 4.90 Å². The molecule has 0 fully saturated rings. The summed E-state index contributed by atoms with van der Waals surface area (Å²) < 4.78 is 1.65. The highest BCUT2D eigenvalue weighted by atomic mass is 16.2. The lowest BCUT2D eigenvalue weighted by Crippen LogP contribution is -2.32. The molecule has 1 amide bonds. The third kappa shape index (κ3) is 2.89. The maximum atomic E-state index is 12.1. The molecule has 6 nitrogen and oxygen atoms in total. The summed E-state index contributed by atoms with van der Waals surface area (Å²) in [5.74, 6) is -0.415. The molecular formula is C15H16N4O2. The van der Waals surface area contributed by atoms with Gasteiger partial charge in [-0.2, -0.15) is 5.10 Å². The number of rotatable bonds is 5. The van der Waals surface area contributed by atoms with E-state index in [9.17, 15) is 9.59 Å². The van der Waals surface area contributed by atoms with Crippen LogP contribution in [0, 0.1) is 6.92 Å². The molecule has 0 atom stereocenters. The minimum atomic E-state index is -0.415. The highest BCUT2D eigenvalue weighted by molar-refractivity contribution is 6.17. The fraction of sp³-hybridized carbons (Fsp3) is 0.200. The molecular weight excluding hydrogens is 268 g/mol. The molecule has 6 heteroatoms. The van der Waals surface area contributed by atoms with E-state index < -0.39 is 5.91 Å². The number of hydrogen-bond acceptors (Lipinski definition) is 4. The van der Waals surface area contributed by atoms with Gasteiger partial charge in [-0.05, 0) is 26.0 Å². The number of aldehydes is 1. The molecule has 2 aromatic rings. The maximum absolute atomic E-state index is 12.1. The third-order valence-electron chi connectivity index (χ3n) is 3.05. The normalized spacial score (nSPS) is 10.2. The molecule has 108 valence electrons. The van der Waals surface area contributed by atoms with Crippen molar-refractivity contribution in [3.63, 3.8) is 0 Å². The zero-order chi connectivity index (χ0) is 15.4. The Bertz CT molecular complexity index is 676. The first-order valence-electron chi connectivity index (χ1n) is 6.51. The quantitative estimate of drug-likeness (QED) is 0.362. The van der Waals surface area contributed by atoms with Crippen LogP contribution in [0.15, 0.2) is 42.9 Å². The van der Waals surface area contributed by atoms with E-state index in [1.165, 1.54) is 4.90 Å². The topological polar surface area (TPSA) is 68.1 Å². The van der Waals surface area contributed by atoms with Crippen molar-refractivity contribution in [2.24, 2.45) is 0 Å². The Kier molecular flexibility index (Phi) is 4.27. The number of carbonyl (C=O) groups excluding carboxylic acids is 2. The molecule has 0 N–H and O–H groups in total. The van der Waals surface area contributed by atoms with Gasteiger partial charge in [0.15, 0.2) is 6.29 Å². The van der Waals surface area contributed by atoms with Gasteiger partial charge >= 0.3 is 0 Å². The molecule has 21 heavy (non-hydrogen) atoms. The fourth-order valence-corrected chi connectivity index (χ4v) is 1.98. The van der Waals surface area contributed by atoms with Gasteiger partial charge in [0.2, 0.25) is 0 Å². The van der Waals surface area contributed by atoms with Crippen molar-refractivity contribution in [3.05, 3.63) is 48.6 Å². The van der Waals surface area contributed by atoms with Crippen LogP contribution in [0.5, 0.6) is 0 Å². The van der Waals surface area contributed by atoms with E-state index in [1.54, 1.807) is 23.3 Å². The Morgan fingerprint density at radius 2 is 2.29 bits per heavy atom. The van der Waals surface area contributed by atoms with E-state index in [1.807, 2.05) is 26.0 Å². The third-order valence-corrected chi connectivity index (χ3v) is 3.05. The summed E-state index contributed by atoms with van der Waals surface area (Å²) in [4.78, 5) is 28.4. The largest absolute Gasteiger partial charge is 0.305 e. The van der Waals surface area contributed by atoms with Crippen molar-refractivity contribution in [2.75, 3.05) is 11.4 Å². The zero-order valence-electron chi connectivity index (χ0n) is 12.0. The summed E-state index contributed by atoms with van der Waals surface area (Å²) in [5, 5.41) is 4.38. The van der Waals surface area contributed by atoms with E-state index in [0.29, 0.717) is 24.2 Å². The monoisotopic (exact) mass is 284 g/mol. The Morgan fingerprint density at radius 1 is 1.52 bits per heavy atom. The molecule has 0 unspecified atom stereocenters. The average Bonchev–Trinajstić information content (AvgIpc) is 2.90. The lowest BCUT2D eigenvalue weighted by Gasteiger charge is -2.19. The minimum Gasteiger partial charge on any atom is -0.305 e. The van der Waals surface area contributed by atoms with E-state index in [-0.39, 0.29) is 5.57 Å². The van der Waals surface area contributed by atoms with Crippen LogP contribution in [-0.4, -0.2) is 33.5 Å². The summed E-state index contributed by atoms with van der Waals surface area (Å²) in [7, 11) is 0. The van der Waals surface area contributed by atoms with Crippen molar-refractivity contribution in [3.8, 4) is 5.69 Å². The van der Waals surface area contributed by atoms with Gasteiger partial charge in [-0.15, -0.1) is 0 Å². The Morgan fingerprint density at radius 3 is 2.86 bits per heavy atom. The van der Waals surface area contributed by atoms with Crippen molar-refractivity contribution < 1.29 is 9.59 Å². The number of anilines is 1. The van der Waals surface area contributed by atoms with E-state index in [2.05, 4.69) is 16.7 Å². The SMILES string of the molecule is C=C(C=O)C(=O)N(CC)c1cn(-c2cccnc2)nc1C. The van der Waals surface area contributed by atoms with Crippen molar-refractivity contribution in [1.82, 2.24) is 14.8 Å². The maximum Gasteiger partial charge on any atom is 0.261 e. The van der Waals surface area contributed by atoms with Crippen molar-refractivity contribution >= 4 is 17.9 Å². The average molecular weight is 284 g/mol. The summed E-state index contributed by atoms with van der Waals surface area (Å²) in [5.41, 5.74) is 2.05. The first-order valence-corrected chi connectivity index (χ1v) is 6.51. The molecule has 0 aliphatic heterocycles. The molecule has 0 spiro atoms. The van der Waals surface area contributed by atoms with Gasteiger partial charge in [-0.25, -0.2) is 4.68 Å². The van der Waals surface area contributed by atoms with Gasteiger partial charge in [0.25, 0.3) is 5.91 Å².